The highest BCUT2D eigenvalue weighted by Gasteiger charge is 2.53. The first-order chi connectivity index (χ1) is 11.7. The molecule has 0 aromatic heterocycles. The highest BCUT2D eigenvalue weighted by atomic mass is 19.1. The number of aliphatic hydroxyl groups excluding tert-OH is 1. The van der Waals surface area contributed by atoms with E-state index in [1.807, 2.05) is 0 Å². The molecule has 3 heterocycles. The van der Waals surface area contributed by atoms with Gasteiger partial charge >= 0.3 is 0 Å². The summed E-state index contributed by atoms with van der Waals surface area (Å²) in [5.74, 6) is 1.68. The predicted octanol–water partition coefficient (Wildman–Crippen LogP) is 1.54. The standard InChI is InChI=1S/C18H24FN3O2/c1-20-18(21-8-15(23)11-3-2-4-12(19)7-11)22-9-13-14(10-22)17-6-5-16(13)24-17/h2-4,7,13-17,23H,5-6,8-10H2,1H3,(H,20,21). The number of hydrogen-bond acceptors (Lipinski definition) is 3. The first-order valence-corrected chi connectivity index (χ1v) is 8.70. The van der Waals surface area contributed by atoms with E-state index in [-0.39, 0.29) is 5.82 Å². The van der Waals surface area contributed by atoms with Gasteiger partial charge in [0.05, 0.1) is 18.3 Å². The third-order valence-electron chi connectivity index (χ3n) is 5.65. The number of ether oxygens (including phenoxy) is 1. The molecule has 2 bridgehead atoms. The molecule has 5 nitrogen and oxygen atoms in total. The molecule has 0 radical (unpaired) electrons. The van der Waals surface area contributed by atoms with E-state index in [1.54, 1.807) is 19.2 Å². The number of nitrogens with zero attached hydrogens (tertiary/aromatic N) is 2. The van der Waals surface area contributed by atoms with Gasteiger partial charge in [0, 0.05) is 38.5 Å². The fourth-order valence-electron chi connectivity index (χ4n) is 4.48. The zero-order valence-corrected chi connectivity index (χ0v) is 13.9. The summed E-state index contributed by atoms with van der Waals surface area (Å²) in [6, 6.07) is 6.08. The number of halogens is 1. The molecular weight excluding hydrogens is 309 g/mol. The van der Waals surface area contributed by atoms with Crippen molar-refractivity contribution in [2.75, 3.05) is 26.7 Å². The van der Waals surface area contributed by atoms with Crippen LogP contribution < -0.4 is 5.32 Å². The van der Waals surface area contributed by atoms with Crippen molar-refractivity contribution in [3.05, 3.63) is 35.6 Å². The highest BCUT2D eigenvalue weighted by molar-refractivity contribution is 5.80. The Labute approximate surface area is 141 Å². The van der Waals surface area contributed by atoms with Gasteiger partial charge in [0.15, 0.2) is 5.96 Å². The van der Waals surface area contributed by atoms with Crippen molar-refractivity contribution in [2.45, 2.75) is 31.2 Å². The first-order valence-electron chi connectivity index (χ1n) is 8.70. The highest BCUT2D eigenvalue weighted by Crippen LogP contribution is 2.47. The van der Waals surface area contributed by atoms with Crippen molar-refractivity contribution in [3.8, 4) is 0 Å². The van der Waals surface area contributed by atoms with Crippen molar-refractivity contribution in [3.63, 3.8) is 0 Å². The maximum atomic E-state index is 13.3. The third-order valence-corrected chi connectivity index (χ3v) is 5.65. The van der Waals surface area contributed by atoms with Crippen LogP contribution in [0, 0.1) is 17.7 Å². The Morgan fingerprint density at radius 1 is 1.38 bits per heavy atom. The molecule has 0 amide bonds. The van der Waals surface area contributed by atoms with Crippen molar-refractivity contribution in [2.24, 2.45) is 16.8 Å². The van der Waals surface area contributed by atoms with Crippen LogP contribution in [0.15, 0.2) is 29.3 Å². The second-order valence-electron chi connectivity index (χ2n) is 7.02. The summed E-state index contributed by atoms with van der Waals surface area (Å²) in [5, 5.41) is 13.5. The van der Waals surface area contributed by atoms with Crippen molar-refractivity contribution in [1.29, 1.82) is 0 Å². The van der Waals surface area contributed by atoms with Crippen molar-refractivity contribution in [1.82, 2.24) is 10.2 Å². The summed E-state index contributed by atoms with van der Waals surface area (Å²) in [6.45, 7) is 2.23. The van der Waals surface area contributed by atoms with Gasteiger partial charge in [0.1, 0.15) is 5.82 Å². The predicted molar refractivity (Wildman–Crippen MR) is 89.2 cm³/mol. The number of nitrogens with one attached hydrogen (secondary N) is 1. The van der Waals surface area contributed by atoms with Crippen LogP contribution >= 0.6 is 0 Å². The number of aliphatic imine (C=N–C) groups is 1. The second kappa shape index (κ2) is 6.33. The number of hydrogen-bond donors (Lipinski definition) is 2. The zero-order chi connectivity index (χ0) is 16.7. The number of guanidine groups is 1. The van der Waals surface area contributed by atoms with Crippen LogP contribution in [0.4, 0.5) is 4.39 Å². The molecule has 3 aliphatic rings. The fourth-order valence-corrected chi connectivity index (χ4v) is 4.48. The van der Waals surface area contributed by atoms with Gasteiger partial charge in [0.25, 0.3) is 0 Å². The molecule has 1 aromatic carbocycles. The quantitative estimate of drug-likeness (QED) is 0.651. The molecule has 1 aromatic rings. The van der Waals surface area contributed by atoms with Crippen molar-refractivity contribution < 1.29 is 14.2 Å². The molecule has 5 unspecified atom stereocenters. The van der Waals surface area contributed by atoms with E-state index < -0.39 is 6.10 Å². The molecule has 3 fully saturated rings. The Balaban J connectivity index is 1.35. The number of aliphatic hydroxyl groups is 1. The van der Waals surface area contributed by atoms with Gasteiger partial charge in [-0.3, -0.25) is 4.99 Å². The van der Waals surface area contributed by atoms with Gasteiger partial charge in [0.2, 0.25) is 0 Å². The van der Waals surface area contributed by atoms with Gasteiger partial charge in [-0.05, 0) is 30.5 Å². The van der Waals surface area contributed by atoms with Crippen molar-refractivity contribution >= 4 is 5.96 Å². The molecule has 24 heavy (non-hydrogen) atoms. The minimum Gasteiger partial charge on any atom is -0.387 e. The van der Waals surface area contributed by atoms with Gasteiger partial charge < -0.3 is 20.1 Å². The molecule has 3 saturated heterocycles. The van der Waals surface area contributed by atoms with E-state index in [9.17, 15) is 9.50 Å². The van der Waals surface area contributed by atoms with Crippen LogP contribution in [0.25, 0.3) is 0 Å². The lowest BCUT2D eigenvalue weighted by Gasteiger charge is -2.24. The average Bonchev–Trinajstić information content (AvgIpc) is 3.28. The Bertz CT molecular complexity index is 620. The maximum Gasteiger partial charge on any atom is 0.193 e. The van der Waals surface area contributed by atoms with E-state index in [1.165, 1.54) is 25.0 Å². The van der Waals surface area contributed by atoms with E-state index in [0.717, 1.165) is 19.0 Å². The molecule has 0 spiro atoms. The topological polar surface area (TPSA) is 57.1 Å². The normalized spacial score (nSPS) is 33.0. The van der Waals surface area contributed by atoms with E-state index in [4.69, 9.17) is 4.74 Å². The largest absolute Gasteiger partial charge is 0.387 e. The van der Waals surface area contributed by atoms with Crippen LogP contribution in [0.5, 0.6) is 0 Å². The Hall–Kier alpha value is -1.66. The SMILES string of the molecule is CN=C(NCC(O)c1cccc(F)c1)N1CC2C3CCC(O3)C2C1. The molecule has 0 aliphatic carbocycles. The fraction of sp³-hybridized carbons (Fsp3) is 0.611. The minimum atomic E-state index is -0.765. The average molecular weight is 333 g/mol. The number of likely N-dealkylation sites (tertiary alicyclic amines) is 1. The lowest BCUT2D eigenvalue weighted by Crippen LogP contribution is -2.42. The summed E-state index contributed by atoms with van der Waals surface area (Å²) >= 11 is 0. The van der Waals surface area contributed by atoms with Gasteiger partial charge in [-0.15, -0.1) is 0 Å². The lowest BCUT2D eigenvalue weighted by atomic mass is 9.82. The summed E-state index contributed by atoms with van der Waals surface area (Å²) in [4.78, 5) is 6.62. The van der Waals surface area contributed by atoms with E-state index >= 15 is 0 Å². The number of rotatable bonds is 3. The van der Waals surface area contributed by atoms with E-state index in [0.29, 0.717) is 36.2 Å². The third kappa shape index (κ3) is 2.78. The van der Waals surface area contributed by atoms with Gasteiger partial charge in [-0.2, -0.15) is 0 Å². The summed E-state index contributed by atoms with van der Waals surface area (Å²) in [5.41, 5.74) is 0.572. The summed E-state index contributed by atoms with van der Waals surface area (Å²) in [7, 11) is 1.76. The number of benzene rings is 1. The van der Waals surface area contributed by atoms with Gasteiger partial charge in [-0.1, -0.05) is 12.1 Å². The molecule has 3 aliphatic heterocycles. The van der Waals surface area contributed by atoms with Crippen LogP contribution in [0.1, 0.15) is 24.5 Å². The smallest absolute Gasteiger partial charge is 0.193 e. The Morgan fingerprint density at radius 2 is 2.08 bits per heavy atom. The molecule has 4 rings (SSSR count). The summed E-state index contributed by atoms with van der Waals surface area (Å²) in [6.07, 6.45) is 2.44. The summed E-state index contributed by atoms with van der Waals surface area (Å²) < 4.78 is 19.3. The zero-order valence-electron chi connectivity index (χ0n) is 13.9. The number of fused-ring (bicyclic) bond motifs is 5. The second-order valence-corrected chi connectivity index (χ2v) is 7.02. The minimum absolute atomic E-state index is 0.311. The molecule has 0 saturated carbocycles. The van der Waals surface area contributed by atoms with E-state index in [2.05, 4.69) is 15.2 Å². The van der Waals surface area contributed by atoms with Crippen LogP contribution in [0.3, 0.4) is 0 Å². The monoisotopic (exact) mass is 333 g/mol. The molecule has 2 N–H and O–H groups in total. The maximum absolute atomic E-state index is 13.3. The van der Waals surface area contributed by atoms with Crippen LogP contribution in [-0.2, 0) is 4.74 Å². The Morgan fingerprint density at radius 3 is 2.71 bits per heavy atom. The Kier molecular flexibility index (Phi) is 4.18. The molecule has 5 atom stereocenters. The van der Waals surface area contributed by atoms with Crippen LogP contribution in [0.2, 0.25) is 0 Å². The van der Waals surface area contributed by atoms with Gasteiger partial charge in [-0.25, -0.2) is 4.39 Å². The lowest BCUT2D eigenvalue weighted by molar-refractivity contribution is 0.0766. The first kappa shape index (κ1) is 15.8. The molecule has 130 valence electrons. The van der Waals surface area contributed by atoms with Crippen LogP contribution in [-0.4, -0.2) is 54.9 Å². The molecule has 6 heteroatoms. The molecular formula is C18H24FN3O2.